The first-order chi connectivity index (χ1) is 10.0. The number of nitrogens with zero attached hydrogens (tertiary/aromatic N) is 2. The van der Waals surface area contributed by atoms with Crippen molar-refractivity contribution in [3.05, 3.63) is 57.0 Å². The van der Waals surface area contributed by atoms with Crippen LogP contribution in [0.4, 0.5) is 4.39 Å². The molecule has 0 bridgehead atoms. The zero-order chi connectivity index (χ0) is 15.1. The molecule has 2 aromatic carbocycles. The summed E-state index contributed by atoms with van der Waals surface area (Å²) in [6.07, 6.45) is 0. The van der Waals surface area contributed by atoms with Crippen molar-refractivity contribution in [2.75, 3.05) is 0 Å². The molecule has 2 nitrogen and oxygen atoms in total. The van der Waals surface area contributed by atoms with Crippen LogP contribution in [0.1, 0.15) is 5.82 Å². The minimum atomic E-state index is -0.422. The minimum Gasteiger partial charge on any atom is -0.294 e. The number of benzene rings is 2. The Morgan fingerprint density at radius 2 is 1.76 bits per heavy atom. The first-order valence-corrected chi connectivity index (χ1v) is 7.56. The molecule has 0 aliphatic heterocycles. The van der Waals surface area contributed by atoms with E-state index in [4.69, 9.17) is 46.4 Å². The summed E-state index contributed by atoms with van der Waals surface area (Å²) in [6, 6.07) is 7.81. The summed E-state index contributed by atoms with van der Waals surface area (Å²) in [5, 5.41) is 1.06. The molecule has 1 aromatic heterocycles. The van der Waals surface area contributed by atoms with E-state index in [1.54, 1.807) is 22.8 Å². The molecule has 3 aromatic rings. The van der Waals surface area contributed by atoms with Gasteiger partial charge in [0, 0.05) is 0 Å². The standard InChI is InChI=1S/C14H7Cl4FN2/c15-6-13-20-14-10(19)2-1-3-11(14)21(13)12-5-8(17)7(16)4-9(12)18/h1-5H,6H2. The maximum atomic E-state index is 13.9. The molecule has 0 saturated carbocycles. The summed E-state index contributed by atoms with van der Waals surface area (Å²) >= 11 is 24.1. The van der Waals surface area contributed by atoms with Gasteiger partial charge in [0.05, 0.1) is 32.2 Å². The summed E-state index contributed by atoms with van der Waals surface area (Å²) in [7, 11) is 0. The highest BCUT2D eigenvalue weighted by Gasteiger charge is 2.17. The molecule has 0 fully saturated rings. The van der Waals surface area contributed by atoms with E-state index in [0.717, 1.165) is 0 Å². The van der Waals surface area contributed by atoms with E-state index in [1.807, 2.05) is 0 Å². The Hall–Kier alpha value is -1.000. The summed E-state index contributed by atoms with van der Waals surface area (Å²) < 4.78 is 15.6. The Morgan fingerprint density at radius 3 is 2.48 bits per heavy atom. The fourth-order valence-electron chi connectivity index (χ4n) is 2.16. The average molecular weight is 364 g/mol. The second-order valence-electron chi connectivity index (χ2n) is 4.32. The van der Waals surface area contributed by atoms with Gasteiger partial charge in [-0.05, 0) is 24.3 Å². The number of alkyl halides is 1. The van der Waals surface area contributed by atoms with Gasteiger partial charge in [-0.2, -0.15) is 0 Å². The number of rotatable bonds is 2. The molecule has 0 aliphatic carbocycles. The third-order valence-electron chi connectivity index (χ3n) is 3.06. The normalized spacial score (nSPS) is 11.3. The van der Waals surface area contributed by atoms with Crippen molar-refractivity contribution in [1.82, 2.24) is 9.55 Å². The fraction of sp³-hybridized carbons (Fsp3) is 0.0714. The molecule has 0 saturated heterocycles. The number of halogens is 5. The van der Waals surface area contributed by atoms with E-state index in [0.29, 0.717) is 32.1 Å². The van der Waals surface area contributed by atoms with E-state index in [9.17, 15) is 4.39 Å². The van der Waals surface area contributed by atoms with Crippen LogP contribution in [0.5, 0.6) is 0 Å². The summed E-state index contributed by atoms with van der Waals surface area (Å²) in [5.74, 6) is 0.149. The van der Waals surface area contributed by atoms with Crippen LogP contribution in [0.15, 0.2) is 30.3 Å². The minimum absolute atomic E-state index is 0.102. The van der Waals surface area contributed by atoms with E-state index in [2.05, 4.69) is 4.98 Å². The Labute approximate surface area is 140 Å². The van der Waals surface area contributed by atoms with E-state index >= 15 is 0 Å². The van der Waals surface area contributed by atoms with E-state index < -0.39 is 5.82 Å². The van der Waals surface area contributed by atoms with Gasteiger partial charge in [0.1, 0.15) is 11.3 Å². The van der Waals surface area contributed by atoms with Gasteiger partial charge < -0.3 is 0 Å². The predicted octanol–water partition coefficient (Wildman–Crippen LogP) is 5.86. The van der Waals surface area contributed by atoms with Crippen LogP contribution >= 0.6 is 46.4 Å². The SMILES string of the molecule is Fc1cccc2c1nc(CCl)n2-c1cc(Cl)c(Cl)cc1Cl. The van der Waals surface area contributed by atoms with Crippen LogP contribution in [0.2, 0.25) is 15.1 Å². The molecule has 0 radical (unpaired) electrons. The molecule has 21 heavy (non-hydrogen) atoms. The van der Waals surface area contributed by atoms with Gasteiger partial charge in [0.15, 0.2) is 5.82 Å². The lowest BCUT2D eigenvalue weighted by molar-refractivity contribution is 0.637. The van der Waals surface area contributed by atoms with Gasteiger partial charge in [-0.15, -0.1) is 11.6 Å². The lowest BCUT2D eigenvalue weighted by atomic mass is 10.2. The quantitative estimate of drug-likeness (QED) is 0.411. The monoisotopic (exact) mass is 362 g/mol. The van der Waals surface area contributed by atoms with Crippen molar-refractivity contribution in [2.24, 2.45) is 0 Å². The molecule has 0 amide bonds. The molecular formula is C14H7Cl4FN2. The zero-order valence-corrected chi connectivity index (χ0v) is 13.4. The Balaban J connectivity index is 2.39. The van der Waals surface area contributed by atoms with Crippen molar-refractivity contribution in [1.29, 1.82) is 0 Å². The van der Waals surface area contributed by atoms with Gasteiger partial charge in [0.25, 0.3) is 0 Å². The van der Waals surface area contributed by atoms with Crippen molar-refractivity contribution < 1.29 is 4.39 Å². The zero-order valence-electron chi connectivity index (χ0n) is 10.4. The third kappa shape index (κ3) is 2.49. The van der Waals surface area contributed by atoms with Gasteiger partial charge in [-0.3, -0.25) is 4.57 Å². The highest BCUT2D eigenvalue weighted by Crippen LogP contribution is 2.34. The highest BCUT2D eigenvalue weighted by molar-refractivity contribution is 6.43. The number of hydrogen-bond donors (Lipinski definition) is 0. The van der Waals surface area contributed by atoms with E-state index in [1.165, 1.54) is 12.1 Å². The van der Waals surface area contributed by atoms with Crippen LogP contribution in [0.3, 0.4) is 0 Å². The molecule has 0 spiro atoms. The Bertz CT molecular complexity index is 845. The summed E-state index contributed by atoms with van der Waals surface area (Å²) in [4.78, 5) is 4.22. The second-order valence-corrected chi connectivity index (χ2v) is 5.81. The molecule has 108 valence electrons. The fourth-order valence-corrected chi connectivity index (χ4v) is 2.96. The second kappa shape index (κ2) is 5.65. The number of fused-ring (bicyclic) bond motifs is 1. The van der Waals surface area contributed by atoms with Crippen molar-refractivity contribution >= 4 is 57.4 Å². The van der Waals surface area contributed by atoms with Gasteiger partial charge in [-0.1, -0.05) is 40.9 Å². The van der Waals surface area contributed by atoms with E-state index in [-0.39, 0.29) is 11.4 Å². The van der Waals surface area contributed by atoms with Gasteiger partial charge in [-0.25, -0.2) is 9.37 Å². The molecule has 7 heteroatoms. The summed E-state index contributed by atoms with van der Waals surface area (Å²) in [6.45, 7) is 0. The Morgan fingerprint density at radius 1 is 1.05 bits per heavy atom. The third-order valence-corrected chi connectivity index (χ3v) is 4.32. The molecule has 0 unspecified atom stereocenters. The molecule has 1 heterocycles. The molecule has 0 aliphatic rings. The first kappa shape index (κ1) is 14.9. The predicted molar refractivity (Wildman–Crippen MR) is 85.6 cm³/mol. The maximum absolute atomic E-state index is 13.9. The number of imidazole rings is 1. The number of hydrogen-bond acceptors (Lipinski definition) is 1. The van der Waals surface area contributed by atoms with Gasteiger partial charge in [0.2, 0.25) is 0 Å². The molecular weight excluding hydrogens is 357 g/mol. The van der Waals surface area contributed by atoms with Crippen LogP contribution in [-0.2, 0) is 5.88 Å². The molecule has 0 atom stereocenters. The number of aromatic nitrogens is 2. The van der Waals surface area contributed by atoms with Crippen molar-refractivity contribution in [3.63, 3.8) is 0 Å². The van der Waals surface area contributed by atoms with Crippen LogP contribution in [0.25, 0.3) is 16.7 Å². The summed E-state index contributed by atoms with van der Waals surface area (Å²) in [5.41, 5.74) is 1.34. The smallest absolute Gasteiger partial charge is 0.151 e. The number of para-hydroxylation sites is 1. The van der Waals surface area contributed by atoms with Crippen molar-refractivity contribution in [2.45, 2.75) is 5.88 Å². The molecule has 3 rings (SSSR count). The lowest BCUT2D eigenvalue weighted by Gasteiger charge is -2.11. The average Bonchev–Trinajstić information content (AvgIpc) is 2.83. The first-order valence-electron chi connectivity index (χ1n) is 5.89. The van der Waals surface area contributed by atoms with Crippen molar-refractivity contribution in [3.8, 4) is 5.69 Å². The maximum Gasteiger partial charge on any atom is 0.151 e. The van der Waals surface area contributed by atoms with Crippen LogP contribution in [0, 0.1) is 5.82 Å². The molecule has 0 N–H and O–H groups in total. The van der Waals surface area contributed by atoms with Crippen LogP contribution < -0.4 is 0 Å². The van der Waals surface area contributed by atoms with Crippen LogP contribution in [-0.4, -0.2) is 9.55 Å². The highest BCUT2D eigenvalue weighted by atomic mass is 35.5. The Kier molecular flexibility index (Phi) is 4.02. The topological polar surface area (TPSA) is 17.8 Å². The largest absolute Gasteiger partial charge is 0.294 e. The van der Waals surface area contributed by atoms with Gasteiger partial charge >= 0.3 is 0 Å². The lowest BCUT2D eigenvalue weighted by Crippen LogP contribution is -2.00.